The third-order valence-corrected chi connectivity index (χ3v) is 3.49. The van der Waals surface area contributed by atoms with Crippen LogP contribution in [0.25, 0.3) is 0 Å². The van der Waals surface area contributed by atoms with Crippen LogP contribution in [0.5, 0.6) is 0 Å². The number of rotatable bonds is 5. The Morgan fingerprint density at radius 3 is 2.28 bits per heavy atom. The molecule has 0 amide bonds. The highest BCUT2D eigenvalue weighted by Gasteiger charge is 2.24. The highest BCUT2D eigenvalue weighted by Crippen LogP contribution is 2.33. The fourth-order valence-corrected chi connectivity index (χ4v) is 2.22. The van der Waals surface area contributed by atoms with Gasteiger partial charge in [-0.05, 0) is 36.4 Å². The summed E-state index contributed by atoms with van der Waals surface area (Å²) in [5.74, 6) is -0.703. The van der Waals surface area contributed by atoms with Crippen molar-refractivity contribution in [2.24, 2.45) is 0 Å². The first-order valence-electron chi connectivity index (χ1n) is 7.08. The van der Waals surface area contributed by atoms with Crippen molar-refractivity contribution in [3.8, 4) is 0 Å². The number of aromatic nitrogens is 2. The standard InChI is InChI=1S/C16H11ClFN5O2/c17-10-5-7-11(8-6-10)21-15-14(23(24)25)16(20-9-19-15)22-13-4-2-1-3-12(13)18/h1-9H,(H2,19,20,21,22). The van der Waals surface area contributed by atoms with Gasteiger partial charge in [0, 0.05) is 10.7 Å². The maximum Gasteiger partial charge on any atom is 0.353 e. The Morgan fingerprint density at radius 2 is 1.64 bits per heavy atom. The summed E-state index contributed by atoms with van der Waals surface area (Å²) in [5.41, 5.74) is 0.227. The molecule has 2 N–H and O–H groups in total. The summed E-state index contributed by atoms with van der Waals surface area (Å²) < 4.78 is 13.8. The third-order valence-electron chi connectivity index (χ3n) is 3.24. The minimum absolute atomic E-state index is 0.0267. The van der Waals surface area contributed by atoms with Crippen LogP contribution in [0.15, 0.2) is 54.9 Å². The van der Waals surface area contributed by atoms with Crippen molar-refractivity contribution >= 4 is 40.3 Å². The van der Waals surface area contributed by atoms with Gasteiger partial charge in [-0.1, -0.05) is 23.7 Å². The first kappa shape index (κ1) is 16.6. The Hall–Kier alpha value is -3.26. The van der Waals surface area contributed by atoms with E-state index in [1.54, 1.807) is 30.3 Å². The highest BCUT2D eigenvalue weighted by atomic mass is 35.5. The van der Waals surface area contributed by atoms with E-state index >= 15 is 0 Å². The Bertz CT molecular complexity index is 921. The number of nitro groups is 1. The SMILES string of the molecule is O=[N+]([O-])c1c(Nc2ccc(Cl)cc2)ncnc1Nc1ccccc1F. The van der Waals surface area contributed by atoms with Gasteiger partial charge in [-0.2, -0.15) is 0 Å². The molecule has 0 saturated heterocycles. The van der Waals surface area contributed by atoms with E-state index in [9.17, 15) is 14.5 Å². The molecule has 0 spiro atoms. The number of hydrogen-bond donors (Lipinski definition) is 2. The highest BCUT2D eigenvalue weighted by molar-refractivity contribution is 6.30. The van der Waals surface area contributed by atoms with Crippen molar-refractivity contribution in [2.45, 2.75) is 0 Å². The van der Waals surface area contributed by atoms with Crippen LogP contribution < -0.4 is 10.6 Å². The maximum absolute atomic E-state index is 13.8. The summed E-state index contributed by atoms with van der Waals surface area (Å²) in [6.07, 6.45) is 1.15. The molecule has 0 aliphatic heterocycles. The molecule has 1 heterocycles. The van der Waals surface area contributed by atoms with E-state index in [-0.39, 0.29) is 17.3 Å². The molecule has 3 aromatic rings. The largest absolute Gasteiger partial charge is 0.353 e. The van der Waals surface area contributed by atoms with Crippen molar-refractivity contribution in [1.82, 2.24) is 9.97 Å². The number of para-hydroxylation sites is 1. The van der Waals surface area contributed by atoms with Gasteiger partial charge in [0.05, 0.1) is 10.6 Å². The van der Waals surface area contributed by atoms with Gasteiger partial charge in [0.15, 0.2) is 0 Å². The quantitative estimate of drug-likeness (QED) is 0.508. The van der Waals surface area contributed by atoms with E-state index in [1.807, 2.05) is 0 Å². The average molecular weight is 360 g/mol. The molecular formula is C16H11ClFN5O2. The van der Waals surface area contributed by atoms with Gasteiger partial charge in [-0.3, -0.25) is 10.1 Å². The first-order chi connectivity index (χ1) is 12.0. The maximum atomic E-state index is 13.8. The summed E-state index contributed by atoms with van der Waals surface area (Å²) in [7, 11) is 0. The summed E-state index contributed by atoms with van der Waals surface area (Å²) in [4.78, 5) is 18.6. The van der Waals surface area contributed by atoms with E-state index in [0.29, 0.717) is 10.7 Å². The summed E-state index contributed by atoms with van der Waals surface area (Å²) >= 11 is 5.82. The van der Waals surface area contributed by atoms with E-state index < -0.39 is 16.4 Å². The number of halogens is 2. The molecule has 0 aliphatic rings. The summed E-state index contributed by atoms with van der Waals surface area (Å²) in [6.45, 7) is 0. The van der Waals surface area contributed by atoms with Gasteiger partial charge in [0.1, 0.15) is 12.1 Å². The lowest BCUT2D eigenvalue weighted by Gasteiger charge is -2.10. The third kappa shape index (κ3) is 3.81. The molecule has 0 bridgehead atoms. The van der Waals surface area contributed by atoms with Crippen molar-refractivity contribution in [3.05, 3.63) is 75.8 Å². The normalized spacial score (nSPS) is 10.3. The molecule has 126 valence electrons. The Balaban J connectivity index is 1.98. The second-order valence-electron chi connectivity index (χ2n) is 4.91. The van der Waals surface area contributed by atoms with Gasteiger partial charge in [-0.15, -0.1) is 0 Å². The minimum atomic E-state index is -0.637. The zero-order valence-electron chi connectivity index (χ0n) is 12.6. The molecule has 0 unspecified atom stereocenters. The smallest absolute Gasteiger partial charge is 0.334 e. The molecule has 3 rings (SSSR count). The van der Waals surface area contributed by atoms with Crippen LogP contribution in [0, 0.1) is 15.9 Å². The minimum Gasteiger partial charge on any atom is -0.334 e. The fourth-order valence-electron chi connectivity index (χ4n) is 2.09. The molecule has 1 aromatic heterocycles. The molecule has 0 aliphatic carbocycles. The van der Waals surface area contributed by atoms with Gasteiger partial charge in [-0.25, -0.2) is 14.4 Å². The van der Waals surface area contributed by atoms with Gasteiger partial charge < -0.3 is 10.6 Å². The topological polar surface area (TPSA) is 93.0 Å². The molecule has 0 saturated carbocycles. The Labute approximate surface area is 146 Å². The number of nitrogens with zero attached hydrogens (tertiary/aromatic N) is 3. The number of benzene rings is 2. The van der Waals surface area contributed by atoms with E-state index in [0.717, 1.165) is 6.33 Å². The fraction of sp³-hybridized carbons (Fsp3) is 0. The van der Waals surface area contributed by atoms with Gasteiger partial charge in [0.2, 0.25) is 11.6 Å². The molecular weight excluding hydrogens is 349 g/mol. The number of hydrogen-bond acceptors (Lipinski definition) is 6. The van der Waals surface area contributed by atoms with Crippen molar-refractivity contribution in [3.63, 3.8) is 0 Å². The lowest BCUT2D eigenvalue weighted by molar-refractivity contribution is -0.383. The second kappa shape index (κ2) is 7.10. The molecule has 25 heavy (non-hydrogen) atoms. The van der Waals surface area contributed by atoms with Crippen LogP contribution in [0.3, 0.4) is 0 Å². The Morgan fingerprint density at radius 1 is 1.00 bits per heavy atom. The molecule has 0 fully saturated rings. The average Bonchev–Trinajstić information content (AvgIpc) is 2.59. The monoisotopic (exact) mass is 359 g/mol. The molecule has 2 aromatic carbocycles. The Kier molecular flexibility index (Phi) is 4.71. The van der Waals surface area contributed by atoms with E-state index in [1.165, 1.54) is 18.2 Å². The van der Waals surface area contributed by atoms with E-state index in [4.69, 9.17) is 11.6 Å². The van der Waals surface area contributed by atoms with Crippen LogP contribution >= 0.6 is 11.6 Å². The summed E-state index contributed by atoms with van der Waals surface area (Å²) in [5, 5.41) is 17.5. The van der Waals surface area contributed by atoms with Crippen molar-refractivity contribution in [2.75, 3.05) is 10.6 Å². The molecule has 0 atom stereocenters. The summed E-state index contributed by atoms with van der Waals surface area (Å²) in [6, 6.07) is 12.4. The first-order valence-corrected chi connectivity index (χ1v) is 7.46. The molecule has 0 radical (unpaired) electrons. The van der Waals surface area contributed by atoms with Crippen LogP contribution in [0.4, 0.5) is 33.1 Å². The zero-order valence-corrected chi connectivity index (χ0v) is 13.4. The predicted octanol–water partition coefficient (Wildman–Crippen LogP) is 4.66. The van der Waals surface area contributed by atoms with Crippen molar-refractivity contribution < 1.29 is 9.31 Å². The second-order valence-corrected chi connectivity index (χ2v) is 5.35. The van der Waals surface area contributed by atoms with Crippen molar-refractivity contribution in [1.29, 1.82) is 0 Å². The van der Waals surface area contributed by atoms with Gasteiger partial charge in [0.25, 0.3) is 0 Å². The molecule has 7 nitrogen and oxygen atoms in total. The molecule has 9 heteroatoms. The van der Waals surface area contributed by atoms with Gasteiger partial charge >= 0.3 is 5.69 Å². The zero-order chi connectivity index (χ0) is 17.8. The predicted molar refractivity (Wildman–Crippen MR) is 93.1 cm³/mol. The van der Waals surface area contributed by atoms with Crippen LogP contribution in [0.1, 0.15) is 0 Å². The van der Waals surface area contributed by atoms with Crippen LogP contribution in [-0.2, 0) is 0 Å². The lowest BCUT2D eigenvalue weighted by atomic mass is 10.3. The van der Waals surface area contributed by atoms with E-state index in [2.05, 4.69) is 20.6 Å². The van der Waals surface area contributed by atoms with Crippen LogP contribution in [0.2, 0.25) is 5.02 Å². The lowest BCUT2D eigenvalue weighted by Crippen LogP contribution is -2.06. The number of anilines is 4. The van der Waals surface area contributed by atoms with Crippen LogP contribution in [-0.4, -0.2) is 14.9 Å². The number of nitrogens with one attached hydrogen (secondary N) is 2.